The summed E-state index contributed by atoms with van der Waals surface area (Å²) in [5.74, 6) is 0.567. The first-order chi connectivity index (χ1) is 11.1. The molecule has 1 amide bonds. The second kappa shape index (κ2) is 6.92. The van der Waals surface area contributed by atoms with E-state index in [0.717, 1.165) is 24.3 Å². The number of methoxy groups -OCH3 is 1. The van der Waals surface area contributed by atoms with E-state index < -0.39 is 0 Å². The number of carbonyl (C=O) groups excluding carboxylic acids is 2. The summed E-state index contributed by atoms with van der Waals surface area (Å²) in [5, 5.41) is 12.3. The smallest absolute Gasteiger partial charge is 0.305 e. The van der Waals surface area contributed by atoms with E-state index in [-0.39, 0.29) is 23.8 Å². The van der Waals surface area contributed by atoms with Crippen LogP contribution in [0, 0.1) is 17.8 Å². The molecule has 0 spiro atoms. The molecule has 126 valence electrons. The Balaban J connectivity index is 1.51. The van der Waals surface area contributed by atoms with Gasteiger partial charge in [0.15, 0.2) is 0 Å². The first-order valence-corrected chi connectivity index (χ1v) is 8.85. The maximum Gasteiger partial charge on any atom is 0.305 e. The molecule has 4 atom stereocenters. The van der Waals surface area contributed by atoms with E-state index in [9.17, 15) is 9.59 Å². The molecule has 4 unspecified atom stereocenters. The quantitative estimate of drug-likeness (QED) is 0.758. The number of hydrogen-bond donors (Lipinski definition) is 2. The summed E-state index contributed by atoms with van der Waals surface area (Å²) in [6.45, 7) is 0. The maximum absolute atomic E-state index is 12.5. The molecule has 2 aliphatic rings. The van der Waals surface area contributed by atoms with Crippen molar-refractivity contribution in [1.29, 1.82) is 0 Å². The van der Waals surface area contributed by atoms with E-state index in [2.05, 4.69) is 20.3 Å². The van der Waals surface area contributed by atoms with Gasteiger partial charge in [0.2, 0.25) is 11.0 Å². The predicted octanol–water partition coefficient (Wildman–Crippen LogP) is 1.35. The number of carbonyl (C=O) groups is 2. The van der Waals surface area contributed by atoms with Crippen LogP contribution in [0.15, 0.2) is 0 Å². The van der Waals surface area contributed by atoms with Gasteiger partial charge in [-0.15, -0.1) is 10.2 Å². The fraction of sp³-hybridized carbons (Fsp3) is 0.733. The molecule has 0 aromatic carbocycles. The Morgan fingerprint density at radius 3 is 2.83 bits per heavy atom. The number of anilines is 1. The summed E-state index contributed by atoms with van der Waals surface area (Å²) in [6.07, 6.45) is 5.00. The SMILES string of the molecule is COC(=O)CCCc1nnc(NC(=O)C2C3CCC(C3)C2N)s1. The number of rotatable bonds is 6. The lowest BCUT2D eigenvalue weighted by Gasteiger charge is -2.26. The van der Waals surface area contributed by atoms with Crippen LogP contribution < -0.4 is 11.1 Å². The van der Waals surface area contributed by atoms with Gasteiger partial charge in [-0.05, 0) is 37.5 Å². The minimum atomic E-state index is -0.228. The molecule has 2 bridgehead atoms. The highest BCUT2D eigenvalue weighted by atomic mass is 32.1. The molecular formula is C15H22N4O3S. The van der Waals surface area contributed by atoms with Gasteiger partial charge in [0.25, 0.3) is 0 Å². The molecule has 3 N–H and O–H groups in total. The molecule has 1 heterocycles. The van der Waals surface area contributed by atoms with Crippen LogP contribution in [-0.2, 0) is 20.7 Å². The fourth-order valence-corrected chi connectivity index (χ4v) is 4.59. The predicted molar refractivity (Wildman–Crippen MR) is 85.8 cm³/mol. The number of nitrogens with zero attached hydrogens (tertiary/aromatic N) is 2. The zero-order valence-electron chi connectivity index (χ0n) is 13.2. The third-order valence-corrected chi connectivity index (χ3v) is 5.88. The number of amides is 1. The van der Waals surface area contributed by atoms with Gasteiger partial charge in [0.1, 0.15) is 5.01 Å². The number of ether oxygens (including phenoxy) is 1. The van der Waals surface area contributed by atoms with Crippen LogP contribution in [0.25, 0.3) is 0 Å². The molecule has 2 fully saturated rings. The standard InChI is InChI=1S/C15H22N4O3S/c1-22-11(20)4-2-3-10-18-19-15(23-10)17-14(21)12-8-5-6-9(7-8)13(12)16/h8-9,12-13H,2-7,16H2,1H3,(H,17,19,21). The van der Waals surface area contributed by atoms with Crippen LogP contribution in [0.5, 0.6) is 0 Å². The van der Waals surface area contributed by atoms with Crippen molar-refractivity contribution < 1.29 is 14.3 Å². The van der Waals surface area contributed by atoms with Gasteiger partial charge in [-0.2, -0.15) is 0 Å². The third-order valence-electron chi connectivity index (χ3n) is 4.98. The summed E-state index contributed by atoms with van der Waals surface area (Å²) in [6, 6.07) is -0.0267. The number of nitrogens with two attached hydrogens (primary N) is 1. The van der Waals surface area contributed by atoms with Crippen molar-refractivity contribution in [2.45, 2.75) is 44.6 Å². The number of aromatic nitrogens is 2. The summed E-state index contributed by atoms with van der Waals surface area (Å²) in [5.41, 5.74) is 6.19. The number of fused-ring (bicyclic) bond motifs is 2. The highest BCUT2D eigenvalue weighted by molar-refractivity contribution is 7.15. The Labute approximate surface area is 139 Å². The molecule has 1 aromatic heterocycles. The van der Waals surface area contributed by atoms with Crippen LogP contribution in [0.1, 0.15) is 37.1 Å². The lowest BCUT2D eigenvalue weighted by atomic mass is 9.84. The van der Waals surface area contributed by atoms with Gasteiger partial charge in [-0.1, -0.05) is 11.3 Å². The normalized spacial score (nSPS) is 28.8. The van der Waals surface area contributed by atoms with Crippen molar-refractivity contribution in [2.75, 3.05) is 12.4 Å². The first-order valence-electron chi connectivity index (χ1n) is 8.04. The molecule has 2 aliphatic carbocycles. The number of esters is 1. The van der Waals surface area contributed by atoms with E-state index in [1.807, 2.05) is 0 Å². The van der Waals surface area contributed by atoms with Gasteiger partial charge in [0, 0.05) is 18.9 Å². The molecule has 0 saturated heterocycles. The Hall–Kier alpha value is -1.54. The van der Waals surface area contributed by atoms with Crippen LogP contribution in [0.4, 0.5) is 5.13 Å². The Morgan fingerprint density at radius 1 is 1.35 bits per heavy atom. The zero-order chi connectivity index (χ0) is 16.4. The molecule has 0 aliphatic heterocycles. The average molecular weight is 338 g/mol. The summed E-state index contributed by atoms with van der Waals surface area (Å²) >= 11 is 1.35. The minimum Gasteiger partial charge on any atom is -0.469 e. The van der Waals surface area contributed by atoms with Gasteiger partial charge in [-0.25, -0.2) is 0 Å². The van der Waals surface area contributed by atoms with Gasteiger partial charge in [-0.3, -0.25) is 9.59 Å². The topological polar surface area (TPSA) is 107 Å². The van der Waals surface area contributed by atoms with Crippen molar-refractivity contribution in [3.05, 3.63) is 5.01 Å². The van der Waals surface area contributed by atoms with Gasteiger partial charge in [0.05, 0.1) is 13.0 Å². The van der Waals surface area contributed by atoms with Crippen molar-refractivity contribution in [3.63, 3.8) is 0 Å². The molecular weight excluding hydrogens is 316 g/mol. The summed E-state index contributed by atoms with van der Waals surface area (Å²) in [7, 11) is 1.38. The monoisotopic (exact) mass is 338 g/mol. The Bertz CT molecular complexity index is 589. The largest absolute Gasteiger partial charge is 0.469 e. The van der Waals surface area contributed by atoms with E-state index in [1.54, 1.807) is 0 Å². The van der Waals surface area contributed by atoms with Crippen LogP contribution in [0.2, 0.25) is 0 Å². The Kier molecular flexibility index (Phi) is 4.91. The first kappa shape index (κ1) is 16.3. The van der Waals surface area contributed by atoms with Crippen molar-refractivity contribution in [3.8, 4) is 0 Å². The number of hydrogen-bond acceptors (Lipinski definition) is 7. The van der Waals surface area contributed by atoms with Gasteiger partial charge >= 0.3 is 5.97 Å². The highest BCUT2D eigenvalue weighted by Crippen LogP contribution is 2.47. The molecule has 1 aromatic rings. The third kappa shape index (κ3) is 3.53. The zero-order valence-corrected chi connectivity index (χ0v) is 14.0. The van der Waals surface area contributed by atoms with E-state index in [0.29, 0.717) is 36.2 Å². The fourth-order valence-electron chi connectivity index (χ4n) is 3.80. The van der Waals surface area contributed by atoms with E-state index in [4.69, 9.17) is 5.73 Å². The molecule has 23 heavy (non-hydrogen) atoms. The lowest BCUT2D eigenvalue weighted by Crippen LogP contribution is -2.42. The maximum atomic E-state index is 12.5. The molecule has 3 rings (SSSR count). The number of nitrogens with one attached hydrogen (secondary N) is 1. The second-order valence-corrected chi connectivity index (χ2v) is 7.42. The summed E-state index contributed by atoms with van der Waals surface area (Å²) in [4.78, 5) is 23.5. The minimum absolute atomic E-state index is 0.0260. The molecule has 2 saturated carbocycles. The van der Waals surface area contributed by atoms with Crippen molar-refractivity contribution in [2.24, 2.45) is 23.5 Å². The lowest BCUT2D eigenvalue weighted by molar-refractivity contribution is -0.140. The molecule has 0 radical (unpaired) electrons. The van der Waals surface area contributed by atoms with Crippen LogP contribution in [-0.4, -0.2) is 35.2 Å². The van der Waals surface area contributed by atoms with Crippen LogP contribution in [0.3, 0.4) is 0 Å². The number of aryl methyl sites for hydroxylation is 1. The summed E-state index contributed by atoms with van der Waals surface area (Å²) < 4.78 is 4.60. The average Bonchev–Trinajstić information content (AvgIpc) is 3.23. The van der Waals surface area contributed by atoms with E-state index >= 15 is 0 Å². The van der Waals surface area contributed by atoms with Crippen molar-refractivity contribution in [1.82, 2.24) is 10.2 Å². The molecule has 7 nitrogen and oxygen atoms in total. The van der Waals surface area contributed by atoms with Gasteiger partial charge < -0.3 is 15.8 Å². The molecule has 8 heteroatoms. The van der Waals surface area contributed by atoms with Crippen LogP contribution >= 0.6 is 11.3 Å². The van der Waals surface area contributed by atoms with Crippen molar-refractivity contribution >= 4 is 28.3 Å². The van der Waals surface area contributed by atoms with E-state index in [1.165, 1.54) is 18.4 Å². The second-order valence-electron chi connectivity index (χ2n) is 6.36. The Morgan fingerprint density at radius 2 is 2.13 bits per heavy atom. The highest BCUT2D eigenvalue weighted by Gasteiger charge is 2.49.